The van der Waals surface area contributed by atoms with Gasteiger partial charge in [0.1, 0.15) is 5.76 Å². The number of hydrogen-bond donors (Lipinski definition) is 1. The lowest BCUT2D eigenvalue weighted by Crippen LogP contribution is -2.33. The Morgan fingerprint density at radius 3 is 2.68 bits per heavy atom. The van der Waals surface area contributed by atoms with Crippen LogP contribution in [-0.2, 0) is 22.7 Å². The topological polar surface area (TPSA) is 65.8 Å². The Hall–Kier alpha value is -2.41. The maximum absolute atomic E-state index is 12.5. The van der Waals surface area contributed by atoms with Crippen molar-refractivity contribution >= 4 is 29.3 Å². The number of anilines is 1. The quantitative estimate of drug-likeness (QED) is 0.809. The minimum atomic E-state index is -0.299. The number of nitrogens with one attached hydrogen (secondary N) is 1. The first-order valence-electron chi connectivity index (χ1n) is 9.68. The van der Waals surface area contributed by atoms with E-state index in [9.17, 15) is 9.59 Å². The van der Waals surface area contributed by atoms with E-state index in [0.717, 1.165) is 24.4 Å². The molecule has 148 valence electrons. The van der Waals surface area contributed by atoms with Gasteiger partial charge in [-0.05, 0) is 29.8 Å². The van der Waals surface area contributed by atoms with Crippen LogP contribution in [0.4, 0.5) is 5.69 Å². The molecule has 2 fully saturated rings. The molecular weight excluding hydrogens is 374 g/mol. The summed E-state index contributed by atoms with van der Waals surface area (Å²) >= 11 is 2.00. The summed E-state index contributed by atoms with van der Waals surface area (Å²) in [5, 5.41) is 2.98. The van der Waals surface area contributed by atoms with Crippen molar-refractivity contribution in [2.24, 2.45) is 5.92 Å². The van der Waals surface area contributed by atoms with Gasteiger partial charge in [0.25, 0.3) is 0 Å². The summed E-state index contributed by atoms with van der Waals surface area (Å²) in [5.74, 6) is 2.73. The van der Waals surface area contributed by atoms with Gasteiger partial charge >= 0.3 is 0 Å². The van der Waals surface area contributed by atoms with E-state index in [-0.39, 0.29) is 24.2 Å². The summed E-state index contributed by atoms with van der Waals surface area (Å²) in [6.07, 6.45) is 1.86. The molecule has 4 rings (SSSR count). The van der Waals surface area contributed by atoms with Gasteiger partial charge in [-0.25, -0.2) is 0 Å². The van der Waals surface area contributed by atoms with E-state index in [2.05, 4.69) is 34.5 Å². The third kappa shape index (κ3) is 4.52. The summed E-state index contributed by atoms with van der Waals surface area (Å²) < 4.78 is 5.30. The molecule has 0 saturated carbocycles. The molecule has 7 heteroatoms. The van der Waals surface area contributed by atoms with Crippen molar-refractivity contribution in [1.82, 2.24) is 10.2 Å². The zero-order valence-electron chi connectivity index (χ0n) is 15.8. The Morgan fingerprint density at radius 1 is 1.18 bits per heavy atom. The molecule has 2 aliphatic rings. The molecule has 1 aromatic heterocycles. The van der Waals surface area contributed by atoms with Gasteiger partial charge < -0.3 is 19.5 Å². The third-order valence-electron chi connectivity index (χ3n) is 5.29. The molecule has 1 atom stereocenters. The largest absolute Gasteiger partial charge is 0.467 e. The smallest absolute Gasteiger partial charge is 0.225 e. The second-order valence-corrected chi connectivity index (χ2v) is 8.46. The van der Waals surface area contributed by atoms with Gasteiger partial charge in [0, 0.05) is 49.8 Å². The predicted molar refractivity (Wildman–Crippen MR) is 110 cm³/mol. The number of hydrogen-bond acceptors (Lipinski definition) is 5. The SMILES string of the molecule is O=C(NCc1ccc(N2CCSCC2)cc1)[C@@H]1CC(=O)N(Cc2ccco2)C1. The van der Waals surface area contributed by atoms with E-state index in [0.29, 0.717) is 19.6 Å². The molecule has 2 saturated heterocycles. The van der Waals surface area contributed by atoms with E-state index < -0.39 is 0 Å². The molecule has 2 amide bonds. The molecule has 0 aliphatic carbocycles. The molecule has 0 radical (unpaired) electrons. The molecule has 1 N–H and O–H groups in total. The molecule has 0 bridgehead atoms. The first-order chi connectivity index (χ1) is 13.7. The Labute approximate surface area is 169 Å². The highest BCUT2D eigenvalue weighted by Gasteiger charge is 2.34. The van der Waals surface area contributed by atoms with Crippen molar-refractivity contribution < 1.29 is 14.0 Å². The normalized spacial score (nSPS) is 19.9. The molecule has 2 aromatic rings. The maximum atomic E-state index is 12.5. The minimum absolute atomic E-state index is 0.000553. The highest BCUT2D eigenvalue weighted by molar-refractivity contribution is 7.99. The molecule has 6 nitrogen and oxygen atoms in total. The van der Waals surface area contributed by atoms with Crippen LogP contribution in [0.5, 0.6) is 0 Å². The summed E-state index contributed by atoms with van der Waals surface area (Å²) in [6, 6.07) is 12.0. The monoisotopic (exact) mass is 399 g/mol. The minimum Gasteiger partial charge on any atom is -0.467 e. The van der Waals surface area contributed by atoms with Gasteiger partial charge in [-0.1, -0.05) is 12.1 Å². The van der Waals surface area contributed by atoms with Crippen LogP contribution < -0.4 is 10.2 Å². The number of carbonyl (C=O) groups excluding carboxylic acids is 2. The van der Waals surface area contributed by atoms with Crippen molar-refractivity contribution in [3.05, 3.63) is 54.0 Å². The van der Waals surface area contributed by atoms with Crippen LogP contribution in [-0.4, -0.2) is 47.9 Å². The highest BCUT2D eigenvalue weighted by Crippen LogP contribution is 2.22. The van der Waals surface area contributed by atoms with Crippen LogP contribution in [0.2, 0.25) is 0 Å². The Balaban J connectivity index is 1.26. The van der Waals surface area contributed by atoms with Crippen molar-refractivity contribution in [1.29, 1.82) is 0 Å². The number of rotatable bonds is 6. The maximum Gasteiger partial charge on any atom is 0.225 e. The van der Waals surface area contributed by atoms with Crippen molar-refractivity contribution in [2.75, 3.05) is 36.0 Å². The summed E-state index contributed by atoms with van der Waals surface area (Å²) in [4.78, 5) is 28.8. The zero-order valence-corrected chi connectivity index (χ0v) is 16.6. The van der Waals surface area contributed by atoms with Gasteiger partial charge in [-0.2, -0.15) is 11.8 Å². The van der Waals surface area contributed by atoms with E-state index in [1.54, 1.807) is 17.2 Å². The van der Waals surface area contributed by atoms with E-state index in [1.165, 1.54) is 17.2 Å². The summed E-state index contributed by atoms with van der Waals surface area (Å²) in [7, 11) is 0. The van der Waals surface area contributed by atoms with E-state index in [1.807, 2.05) is 17.8 Å². The average molecular weight is 400 g/mol. The average Bonchev–Trinajstić information content (AvgIpc) is 3.38. The molecular formula is C21H25N3O3S. The lowest BCUT2D eigenvalue weighted by atomic mass is 10.1. The van der Waals surface area contributed by atoms with E-state index in [4.69, 9.17) is 4.42 Å². The second-order valence-electron chi connectivity index (χ2n) is 7.24. The Kier molecular flexibility index (Phi) is 5.90. The van der Waals surface area contributed by atoms with Crippen LogP contribution >= 0.6 is 11.8 Å². The number of nitrogens with zero attached hydrogens (tertiary/aromatic N) is 2. The number of carbonyl (C=O) groups is 2. The van der Waals surface area contributed by atoms with Gasteiger partial charge in [0.05, 0.1) is 18.7 Å². The predicted octanol–water partition coefficient (Wildman–Crippen LogP) is 2.50. The lowest BCUT2D eigenvalue weighted by molar-refractivity contribution is -0.129. The molecule has 3 heterocycles. The number of amides is 2. The van der Waals surface area contributed by atoms with Gasteiger partial charge in [0.15, 0.2) is 0 Å². The third-order valence-corrected chi connectivity index (χ3v) is 6.23. The van der Waals surface area contributed by atoms with E-state index >= 15 is 0 Å². The second kappa shape index (κ2) is 8.73. The lowest BCUT2D eigenvalue weighted by Gasteiger charge is -2.28. The van der Waals surface area contributed by atoms with Crippen LogP contribution in [0.15, 0.2) is 47.1 Å². The van der Waals surface area contributed by atoms with Crippen LogP contribution in [0.3, 0.4) is 0 Å². The molecule has 28 heavy (non-hydrogen) atoms. The zero-order chi connectivity index (χ0) is 19.3. The van der Waals surface area contributed by atoms with Crippen LogP contribution in [0.25, 0.3) is 0 Å². The van der Waals surface area contributed by atoms with Gasteiger partial charge in [-0.15, -0.1) is 0 Å². The number of benzene rings is 1. The fourth-order valence-corrected chi connectivity index (χ4v) is 4.57. The first kappa shape index (κ1) is 18.9. The van der Waals surface area contributed by atoms with Crippen molar-refractivity contribution in [3.63, 3.8) is 0 Å². The molecule has 0 spiro atoms. The number of thioether (sulfide) groups is 1. The van der Waals surface area contributed by atoms with Gasteiger partial charge in [0.2, 0.25) is 11.8 Å². The fraction of sp³-hybridized carbons (Fsp3) is 0.429. The van der Waals surface area contributed by atoms with Crippen LogP contribution in [0.1, 0.15) is 17.7 Å². The standard InChI is InChI=1S/C21H25N3O3S/c25-20-12-17(14-24(20)15-19-2-1-9-27-19)21(26)22-13-16-3-5-18(6-4-16)23-7-10-28-11-8-23/h1-6,9,17H,7-8,10-15H2,(H,22,26)/t17-/m1/s1. The van der Waals surface area contributed by atoms with Crippen molar-refractivity contribution in [3.8, 4) is 0 Å². The summed E-state index contributed by atoms with van der Waals surface area (Å²) in [6.45, 7) is 3.52. The van der Waals surface area contributed by atoms with Crippen LogP contribution in [0, 0.1) is 5.92 Å². The summed E-state index contributed by atoms with van der Waals surface area (Å²) in [5.41, 5.74) is 2.31. The molecule has 0 unspecified atom stereocenters. The first-order valence-corrected chi connectivity index (χ1v) is 10.8. The highest BCUT2D eigenvalue weighted by atomic mass is 32.2. The number of likely N-dealkylation sites (tertiary alicyclic amines) is 1. The molecule has 1 aromatic carbocycles. The Morgan fingerprint density at radius 2 is 1.96 bits per heavy atom. The Bertz CT molecular complexity index is 801. The molecule has 2 aliphatic heterocycles. The number of furan rings is 1. The fourth-order valence-electron chi connectivity index (χ4n) is 3.67. The van der Waals surface area contributed by atoms with Crippen molar-refractivity contribution in [2.45, 2.75) is 19.5 Å². The van der Waals surface area contributed by atoms with Gasteiger partial charge in [-0.3, -0.25) is 9.59 Å².